The molecular formula is C12H8Cl2O2. The number of methoxy groups -OCH3 is 1. The van der Waals surface area contributed by atoms with Crippen LogP contribution in [0.5, 0.6) is 0 Å². The van der Waals surface area contributed by atoms with Crippen molar-refractivity contribution in [2.75, 3.05) is 7.11 Å². The summed E-state index contributed by atoms with van der Waals surface area (Å²) in [6, 6.07) is 8.63. The van der Waals surface area contributed by atoms with Crippen LogP contribution in [0, 0.1) is 0 Å². The van der Waals surface area contributed by atoms with Gasteiger partial charge in [0, 0.05) is 15.4 Å². The zero-order valence-corrected chi connectivity index (χ0v) is 9.97. The Morgan fingerprint density at radius 2 is 1.94 bits per heavy atom. The lowest BCUT2D eigenvalue weighted by atomic mass is 10.1. The van der Waals surface area contributed by atoms with Crippen LogP contribution < -0.4 is 0 Å². The molecule has 0 spiro atoms. The van der Waals surface area contributed by atoms with Crippen molar-refractivity contribution in [1.82, 2.24) is 0 Å². The summed E-state index contributed by atoms with van der Waals surface area (Å²) < 4.78 is 4.64. The number of rotatable bonds is 1. The molecule has 4 heteroatoms. The van der Waals surface area contributed by atoms with Crippen molar-refractivity contribution in [3.63, 3.8) is 0 Å². The monoisotopic (exact) mass is 254 g/mol. The van der Waals surface area contributed by atoms with Gasteiger partial charge in [-0.3, -0.25) is 0 Å². The highest BCUT2D eigenvalue weighted by Crippen LogP contribution is 2.28. The first-order valence-corrected chi connectivity index (χ1v) is 5.34. The molecule has 0 aromatic heterocycles. The quantitative estimate of drug-likeness (QED) is 0.721. The summed E-state index contributed by atoms with van der Waals surface area (Å²) in [5.41, 5.74) is 0.433. The molecule has 2 rings (SSSR count). The number of esters is 1. The van der Waals surface area contributed by atoms with Gasteiger partial charge in [0.25, 0.3) is 0 Å². The number of hydrogen-bond acceptors (Lipinski definition) is 2. The van der Waals surface area contributed by atoms with Crippen LogP contribution in [0.2, 0.25) is 10.0 Å². The van der Waals surface area contributed by atoms with Gasteiger partial charge in [0.2, 0.25) is 0 Å². The van der Waals surface area contributed by atoms with E-state index in [0.717, 1.165) is 10.8 Å². The van der Waals surface area contributed by atoms with Crippen LogP contribution in [-0.4, -0.2) is 13.1 Å². The fraction of sp³-hybridized carbons (Fsp3) is 0.0833. The smallest absolute Gasteiger partial charge is 0.337 e. The lowest BCUT2D eigenvalue weighted by Gasteiger charge is -2.05. The Hall–Kier alpha value is -1.25. The van der Waals surface area contributed by atoms with Gasteiger partial charge in [-0.1, -0.05) is 29.3 Å². The van der Waals surface area contributed by atoms with E-state index in [1.807, 2.05) is 6.07 Å². The topological polar surface area (TPSA) is 26.3 Å². The first kappa shape index (κ1) is 11.2. The van der Waals surface area contributed by atoms with Crippen LogP contribution in [0.15, 0.2) is 30.3 Å². The molecule has 0 amide bonds. The van der Waals surface area contributed by atoms with Crippen molar-refractivity contribution < 1.29 is 9.53 Å². The van der Waals surface area contributed by atoms with Gasteiger partial charge in [-0.15, -0.1) is 0 Å². The Kier molecular flexibility index (Phi) is 3.03. The molecule has 0 N–H and O–H groups in total. The summed E-state index contributed by atoms with van der Waals surface area (Å²) in [6.07, 6.45) is 0. The number of carbonyl (C=O) groups is 1. The molecule has 0 aliphatic heterocycles. The second-order valence-corrected chi connectivity index (χ2v) is 4.16. The summed E-state index contributed by atoms with van der Waals surface area (Å²) in [6.45, 7) is 0. The third kappa shape index (κ3) is 1.99. The summed E-state index contributed by atoms with van der Waals surface area (Å²) in [4.78, 5) is 11.4. The third-order valence-corrected chi connectivity index (χ3v) is 2.83. The van der Waals surface area contributed by atoms with Crippen molar-refractivity contribution in [3.05, 3.63) is 45.9 Å². The van der Waals surface area contributed by atoms with Gasteiger partial charge in [0.1, 0.15) is 0 Å². The van der Waals surface area contributed by atoms with Crippen LogP contribution in [0.3, 0.4) is 0 Å². The molecule has 2 nitrogen and oxygen atoms in total. The number of benzene rings is 2. The lowest BCUT2D eigenvalue weighted by Crippen LogP contribution is -2.00. The maximum atomic E-state index is 11.4. The molecule has 0 bridgehead atoms. The molecule has 0 saturated heterocycles. The average molecular weight is 255 g/mol. The number of fused-ring (bicyclic) bond motifs is 1. The van der Waals surface area contributed by atoms with Crippen molar-refractivity contribution >= 4 is 39.9 Å². The van der Waals surface area contributed by atoms with E-state index in [1.165, 1.54) is 7.11 Å². The van der Waals surface area contributed by atoms with Crippen molar-refractivity contribution in [1.29, 1.82) is 0 Å². The van der Waals surface area contributed by atoms with Crippen LogP contribution in [0.4, 0.5) is 0 Å². The van der Waals surface area contributed by atoms with E-state index in [4.69, 9.17) is 23.2 Å². The largest absolute Gasteiger partial charge is 0.465 e. The Morgan fingerprint density at radius 3 is 2.62 bits per heavy atom. The standard InChI is InChI=1S/C12H8Cl2O2/c1-16-12(15)8-4-7-2-3-9(13)6-10(7)11(14)5-8/h2-6H,1H3. The molecule has 0 saturated carbocycles. The van der Waals surface area contributed by atoms with Crippen molar-refractivity contribution in [2.24, 2.45) is 0 Å². The molecule has 0 unspecified atom stereocenters. The molecule has 16 heavy (non-hydrogen) atoms. The van der Waals surface area contributed by atoms with Crippen LogP contribution in [-0.2, 0) is 4.74 Å². The Bertz CT molecular complexity index is 564. The molecule has 0 heterocycles. The molecule has 0 fully saturated rings. The first-order chi connectivity index (χ1) is 7.61. The maximum Gasteiger partial charge on any atom is 0.337 e. The Balaban J connectivity index is 2.68. The highest BCUT2D eigenvalue weighted by atomic mass is 35.5. The van der Waals surface area contributed by atoms with E-state index in [2.05, 4.69) is 4.74 Å². The Labute approximate surface area is 103 Å². The van der Waals surface area contributed by atoms with Gasteiger partial charge in [-0.05, 0) is 29.7 Å². The molecule has 0 radical (unpaired) electrons. The minimum absolute atomic E-state index is 0.404. The molecule has 2 aromatic rings. The Morgan fingerprint density at radius 1 is 1.19 bits per heavy atom. The highest BCUT2D eigenvalue weighted by molar-refractivity contribution is 6.37. The highest BCUT2D eigenvalue weighted by Gasteiger charge is 2.09. The number of ether oxygens (including phenoxy) is 1. The third-order valence-electron chi connectivity index (χ3n) is 2.29. The van der Waals surface area contributed by atoms with Gasteiger partial charge in [0.15, 0.2) is 0 Å². The van der Waals surface area contributed by atoms with E-state index < -0.39 is 5.97 Å². The molecular weight excluding hydrogens is 247 g/mol. The molecule has 0 atom stereocenters. The summed E-state index contributed by atoms with van der Waals surface area (Å²) in [5.74, 6) is -0.404. The van der Waals surface area contributed by atoms with E-state index in [0.29, 0.717) is 15.6 Å². The van der Waals surface area contributed by atoms with Crippen LogP contribution in [0.25, 0.3) is 10.8 Å². The fourth-order valence-electron chi connectivity index (χ4n) is 1.52. The van der Waals surface area contributed by atoms with Crippen molar-refractivity contribution in [3.8, 4) is 0 Å². The minimum atomic E-state index is -0.404. The van der Waals surface area contributed by atoms with E-state index in [-0.39, 0.29) is 0 Å². The maximum absolute atomic E-state index is 11.4. The first-order valence-electron chi connectivity index (χ1n) is 4.59. The molecule has 2 aromatic carbocycles. The predicted octanol–water partition coefficient (Wildman–Crippen LogP) is 3.93. The van der Waals surface area contributed by atoms with E-state index in [9.17, 15) is 4.79 Å². The molecule has 0 aliphatic carbocycles. The summed E-state index contributed by atoms with van der Waals surface area (Å²) in [7, 11) is 1.34. The van der Waals surface area contributed by atoms with Gasteiger partial charge < -0.3 is 4.74 Å². The summed E-state index contributed by atoms with van der Waals surface area (Å²) in [5, 5.41) is 2.78. The average Bonchev–Trinajstić information content (AvgIpc) is 2.28. The summed E-state index contributed by atoms with van der Waals surface area (Å²) >= 11 is 11.9. The fourth-order valence-corrected chi connectivity index (χ4v) is 1.97. The number of halogens is 2. The normalized spacial score (nSPS) is 10.4. The van der Waals surface area contributed by atoms with Crippen LogP contribution >= 0.6 is 23.2 Å². The predicted molar refractivity (Wildman–Crippen MR) is 65.3 cm³/mol. The number of carbonyl (C=O) groups excluding carboxylic acids is 1. The minimum Gasteiger partial charge on any atom is -0.465 e. The van der Waals surface area contributed by atoms with Crippen molar-refractivity contribution in [2.45, 2.75) is 0 Å². The SMILES string of the molecule is COC(=O)c1cc(Cl)c2cc(Cl)ccc2c1. The van der Waals surface area contributed by atoms with Gasteiger partial charge >= 0.3 is 5.97 Å². The zero-order valence-electron chi connectivity index (χ0n) is 8.46. The van der Waals surface area contributed by atoms with Gasteiger partial charge in [-0.2, -0.15) is 0 Å². The lowest BCUT2D eigenvalue weighted by molar-refractivity contribution is 0.0601. The second-order valence-electron chi connectivity index (χ2n) is 3.32. The molecule has 0 aliphatic rings. The second kappa shape index (κ2) is 4.32. The van der Waals surface area contributed by atoms with E-state index in [1.54, 1.807) is 24.3 Å². The van der Waals surface area contributed by atoms with E-state index >= 15 is 0 Å². The molecule has 82 valence electrons. The van der Waals surface area contributed by atoms with Crippen LogP contribution in [0.1, 0.15) is 10.4 Å². The van der Waals surface area contributed by atoms with Gasteiger partial charge in [0.05, 0.1) is 12.7 Å². The zero-order chi connectivity index (χ0) is 11.7. The van der Waals surface area contributed by atoms with Gasteiger partial charge in [-0.25, -0.2) is 4.79 Å². The number of hydrogen-bond donors (Lipinski definition) is 0.